The first-order valence-corrected chi connectivity index (χ1v) is 8.51. The number of methoxy groups -OCH3 is 1. The van der Waals surface area contributed by atoms with Crippen LogP contribution in [0.1, 0.15) is 12.5 Å². The Hall–Kier alpha value is -2.28. The molecular weight excluding hydrogens is 302 g/mol. The van der Waals surface area contributed by atoms with E-state index in [1.807, 2.05) is 24.3 Å². The van der Waals surface area contributed by atoms with Crippen molar-refractivity contribution in [3.63, 3.8) is 0 Å². The summed E-state index contributed by atoms with van der Waals surface area (Å²) in [6.45, 7) is 2.21. The molecule has 0 unspecified atom stereocenters. The van der Waals surface area contributed by atoms with E-state index in [4.69, 9.17) is 4.74 Å². The average Bonchev–Trinajstić information content (AvgIpc) is 2.54. The molecule has 6 nitrogen and oxygen atoms in total. The Kier molecular flexibility index (Phi) is 5.21. The highest BCUT2D eigenvalue weighted by molar-refractivity contribution is 7.92. The maximum absolute atomic E-state index is 11.5. The van der Waals surface area contributed by atoms with Crippen LogP contribution in [0.5, 0.6) is 5.75 Å². The van der Waals surface area contributed by atoms with Crippen molar-refractivity contribution in [1.29, 1.82) is 0 Å². The zero-order chi connectivity index (χ0) is 16.0. The number of rotatable bonds is 7. The van der Waals surface area contributed by atoms with Crippen molar-refractivity contribution in [2.75, 3.05) is 22.9 Å². The normalized spacial score (nSPS) is 11.0. The van der Waals surface area contributed by atoms with Gasteiger partial charge in [-0.15, -0.1) is 0 Å². The average molecular weight is 321 g/mol. The number of anilines is 2. The predicted molar refractivity (Wildman–Crippen MR) is 87.6 cm³/mol. The topological polar surface area (TPSA) is 80.3 Å². The summed E-state index contributed by atoms with van der Waals surface area (Å²) in [7, 11) is -1.64. The molecule has 0 saturated carbocycles. The molecule has 0 aliphatic heterocycles. The Balaban J connectivity index is 1.93. The van der Waals surface area contributed by atoms with Gasteiger partial charge in [0.2, 0.25) is 10.0 Å². The van der Waals surface area contributed by atoms with Crippen molar-refractivity contribution in [2.24, 2.45) is 0 Å². The number of hydrogen-bond donors (Lipinski definition) is 2. The lowest BCUT2D eigenvalue weighted by molar-refractivity contribution is 0.414. The SMILES string of the molecule is CCS(=O)(=O)Nc1ccc(NCc2ccc(OC)cc2)nc1. The Bertz CT molecular complexity index is 698. The molecule has 118 valence electrons. The van der Waals surface area contributed by atoms with Crippen LogP contribution in [0.3, 0.4) is 0 Å². The first-order valence-electron chi connectivity index (χ1n) is 6.86. The fraction of sp³-hybridized carbons (Fsp3) is 0.267. The summed E-state index contributed by atoms with van der Waals surface area (Å²) < 4.78 is 30.5. The second-order valence-electron chi connectivity index (χ2n) is 4.64. The van der Waals surface area contributed by atoms with Crippen LogP contribution in [0, 0.1) is 0 Å². The van der Waals surface area contributed by atoms with Crippen LogP contribution in [0.25, 0.3) is 0 Å². The zero-order valence-corrected chi connectivity index (χ0v) is 13.4. The van der Waals surface area contributed by atoms with Gasteiger partial charge in [-0.05, 0) is 36.8 Å². The van der Waals surface area contributed by atoms with Gasteiger partial charge in [-0.25, -0.2) is 13.4 Å². The van der Waals surface area contributed by atoms with Gasteiger partial charge in [0.25, 0.3) is 0 Å². The Morgan fingerprint density at radius 2 is 1.86 bits per heavy atom. The first-order chi connectivity index (χ1) is 10.5. The van der Waals surface area contributed by atoms with Crippen LogP contribution in [0.2, 0.25) is 0 Å². The van der Waals surface area contributed by atoms with E-state index in [-0.39, 0.29) is 5.75 Å². The summed E-state index contributed by atoms with van der Waals surface area (Å²) in [4.78, 5) is 4.18. The van der Waals surface area contributed by atoms with Gasteiger partial charge in [-0.3, -0.25) is 4.72 Å². The van der Waals surface area contributed by atoms with E-state index < -0.39 is 10.0 Å². The largest absolute Gasteiger partial charge is 0.497 e. The van der Waals surface area contributed by atoms with Crippen molar-refractivity contribution >= 4 is 21.5 Å². The van der Waals surface area contributed by atoms with Gasteiger partial charge in [-0.1, -0.05) is 12.1 Å². The molecule has 2 aromatic rings. The van der Waals surface area contributed by atoms with E-state index in [0.29, 0.717) is 18.1 Å². The lowest BCUT2D eigenvalue weighted by Gasteiger charge is -2.08. The number of ether oxygens (including phenoxy) is 1. The molecule has 2 N–H and O–H groups in total. The van der Waals surface area contributed by atoms with Gasteiger partial charge in [0.15, 0.2) is 0 Å². The van der Waals surface area contributed by atoms with Gasteiger partial charge in [0, 0.05) is 6.54 Å². The highest BCUT2D eigenvalue weighted by Gasteiger charge is 2.06. The van der Waals surface area contributed by atoms with Crippen molar-refractivity contribution in [3.8, 4) is 5.75 Å². The lowest BCUT2D eigenvalue weighted by Crippen LogP contribution is -2.14. The fourth-order valence-electron chi connectivity index (χ4n) is 1.75. The number of nitrogens with zero attached hydrogens (tertiary/aromatic N) is 1. The van der Waals surface area contributed by atoms with Gasteiger partial charge >= 0.3 is 0 Å². The molecular formula is C15H19N3O3S. The Morgan fingerprint density at radius 1 is 1.14 bits per heavy atom. The van der Waals surface area contributed by atoms with E-state index in [1.165, 1.54) is 6.20 Å². The minimum absolute atomic E-state index is 0.0322. The molecule has 1 aromatic carbocycles. The lowest BCUT2D eigenvalue weighted by atomic mass is 10.2. The van der Waals surface area contributed by atoms with Crippen molar-refractivity contribution in [2.45, 2.75) is 13.5 Å². The third kappa shape index (κ3) is 4.63. The van der Waals surface area contributed by atoms with Crippen molar-refractivity contribution in [3.05, 3.63) is 48.2 Å². The molecule has 1 heterocycles. The number of pyridine rings is 1. The highest BCUT2D eigenvalue weighted by Crippen LogP contribution is 2.14. The fourth-order valence-corrected chi connectivity index (χ4v) is 2.37. The number of sulfonamides is 1. The summed E-state index contributed by atoms with van der Waals surface area (Å²) in [6.07, 6.45) is 1.49. The van der Waals surface area contributed by atoms with Crippen LogP contribution in [0.15, 0.2) is 42.6 Å². The molecule has 1 aromatic heterocycles. The van der Waals surface area contributed by atoms with E-state index in [2.05, 4.69) is 15.0 Å². The third-order valence-electron chi connectivity index (χ3n) is 3.05. The summed E-state index contributed by atoms with van der Waals surface area (Å²) in [5.74, 6) is 1.52. The molecule has 0 fully saturated rings. The van der Waals surface area contributed by atoms with Gasteiger partial charge in [0.1, 0.15) is 11.6 Å². The van der Waals surface area contributed by atoms with Crippen LogP contribution >= 0.6 is 0 Å². The second kappa shape index (κ2) is 7.13. The van der Waals surface area contributed by atoms with E-state index in [1.54, 1.807) is 26.2 Å². The second-order valence-corrected chi connectivity index (χ2v) is 6.65. The molecule has 2 rings (SSSR count). The molecule has 0 bridgehead atoms. The predicted octanol–water partition coefficient (Wildman–Crippen LogP) is 2.46. The number of aromatic nitrogens is 1. The standard InChI is InChI=1S/C15H19N3O3S/c1-3-22(19,20)18-13-6-9-15(17-11-13)16-10-12-4-7-14(21-2)8-5-12/h4-9,11,18H,3,10H2,1-2H3,(H,16,17). The van der Waals surface area contributed by atoms with Gasteiger partial charge < -0.3 is 10.1 Å². The first kappa shape index (κ1) is 16.1. The molecule has 0 saturated heterocycles. The minimum atomic E-state index is -3.27. The third-order valence-corrected chi connectivity index (χ3v) is 4.36. The van der Waals surface area contributed by atoms with E-state index in [9.17, 15) is 8.42 Å². The molecule has 0 spiro atoms. The van der Waals surface area contributed by atoms with Crippen LogP contribution < -0.4 is 14.8 Å². The molecule has 0 aliphatic rings. The number of hydrogen-bond acceptors (Lipinski definition) is 5. The zero-order valence-electron chi connectivity index (χ0n) is 12.5. The maximum Gasteiger partial charge on any atom is 0.232 e. The molecule has 0 atom stereocenters. The van der Waals surface area contributed by atoms with Crippen LogP contribution in [0.4, 0.5) is 11.5 Å². The minimum Gasteiger partial charge on any atom is -0.497 e. The highest BCUT2D eigenvalue weighted by atomic mass is 32.2. The van der Waals surface area contributed by atoms with E-state index in [0.717, 1.165) is 11.3 Å². The molecule has 7 heteroatoms. The quantitative estimate of drug-likeness (QED) is 0.819. The summed E-state index contributed by atoms with van der Waals surface area (Å²) >= 11 is 0. The van der Waals surface area contributed by atoms with Gasteiger partial charge in [-0.2, -0.15) is 0 Å². The molecule has 0 aliphatic carbocycles. The number of benzene rings is 1. The van der Waals surface area contributed by atoms with Crippen molar-refractivity contribution < 1.29 is 13.2 Å². The van der Waals surface area contributed by atoms with Crippen LogP contribution in [-0.2, 0) is 16.6 Å². The maximum atomic E-state index is 11.5. The van der Waals surface area contributed by atoms with Gasteiger partial charge in [0.05, 0.1) is 24.7 Å². The van der Waals surface area contributed by atoms with Crippen molar-refractivity contribution in [1.82, 2.24) is 4.98 Å². The monoisotopic (exact) mass is 321 g/mol. The summed E-state index contributed by atoms with van der Waals surface area (Å²) in [5.41, 5.74) is 1.55. The Morgan fingerprint density at radius 3 is 2.41 bits per heavy atom. The Labute approximate surface area is 130 Å². The van der Waals surface area contributed by atoms with Crippen LogP contribution in [-0.4, -0.2) is 26.3 Å². The smallest absolute Gasteiger partial charge is 0.232 e. The number of nitrogens with one attached hydrogen (secondary N) is 2. The molecule has 0 radical (unpaired) electrons. The summed E-state index contributed by atoms with van der Waals surface area (Å²) in [6, 6.07) is 11.1. The molecule has 22 heavy (non-hydrogen) atoms. The molecule has 0 amide bonds. The van der Waals surface area contributed by atoms with E-state index >= 15 is 0 Å². The summed E-state index contributed by atoms with van der Waals surface area (Å²) in [5, 5.41) is 3.17.